The summed E-state index contributed by atoms with van der Waals surface area (Å²) in [6.45, 7) is 5.58. The summed E-state index contributed by atoms with van der Waals surface area (Å²) in [7, 11) is 2.33. The number of esters is 1. The van der Waals surface area contributed by atoms with Crippen LogP contribution < -0.4 is 0 Å². The molecule has 0 N–H and O–H groups in total. The van der Waals surface area contributed by atoms with Gasteiger partial charge in [0.2, 0.25) is 0 Å². The van der Waals surface area contributed by atoms with Crippen molar-refractivity contribution in [1.82, 2.24) is 0 Å². The molecule has 1 heterocycles. The first-order chi connectivity index (χ1) is 9.59. The minimum atomic E-state index is -0.171. The molecule has 3 nitrogen and oxygen atoms in total. The standard InChI is InChI=1S/C17H26NO2/c1-15(19)20-14-6-11-18(2)12-9-17(10-13-18)16-7-4-3-5-8-16/h3-5,7-8,17H,6,9-14H2,1-2H3/q+1. The van der Waals surface area contributed by atoms with Crippen LogP contribution in [0.15, 0.2) is 30.3 Å². The van der Waals surface area contributed by atoms with Gasteiger partial charge < -0.3 is 9.22 Å². The predicted molar refractivity (Wildman–Crippen MR) is 80.5 cm³/mol. The lowest BCUT2D eigenvalue weighted by molar-refractivity contribution is -0.914. The van der Waals surface area contributed by atoms with Gasteiger partial charge in [0, 0.05) is 26.2 Å². The molecular weight excluding hydrogens is 250 g/mol. The second kappa shape index (κ2) is 6.89. The van der Waals surface area contributed by atoms with Crippen LogP contribution in [0.4, 0.5) is 0 Å². The maximum Gasteiger partial charge on any atom is 0.302 e. The van der Waals surface area contributed by atoms with Gasteiger partial charge in [-0.1, -0.05) is 30.3 Å². The van der Waals surface area contributed by atoms with Crippen molar-refractivity contribution in [2.45, 2.75) is 32.1 Å². The molecule has 20 heavy (non-hydrogen) atoms. The monoisotopic (exact) mass is 276 g/mol. The molecule has 3 heteroatoms. The van der Waals surface area contributed by atoms with E-state index in [1.807, 2.05) is 0 Å². The second-order valence-electron chi connectivity index (χ2n) is 6.17. The maximum absolute atomic E-state index is 10.7. The Balaban J connectivity index is 1.76. The van der Waals surface area contributed by atoms with E-state index in [0.29, 0.717) is 6.61 Å². The van der Waals surface area contributed by atoms with E-state index in [4.69, 9.17) is 4.74 Å². The van der Waals surface area contributed by atoms with Crippen LogP contribution in [0.2, 0.25) is 0 Å². The number of carbonyl (C=O) groups is 1. The van der Waals surface area contributed by atoms with E-state index < -0.39 is 0 Å². The van der Waals surface area contributed by atoms with Crippen LogP contribution in [0, 0.1) is 0 Å². The molecule has 0 bridgehead atoms. The van der Waals surface area contributed by atoms with Crippen LogP contribution >= 0.6 is 0 Å². The summed E-state index contributed by atoms with van der Waals surface area (Å²) >= 11 is 0. The Bertz CT molecular complexity index is 422. The van der Waals surface area contributed by atoms with Crippen molar-refractivity contribution < 1.29 is 14.0 Å². The van der Waals surface area contributed by atoms with Crippen molar-refractivity contribution in [3.8, 4) is 0 Å². The Morgan fingerprint density at radius 1 is 1.25 bits per heavy atom. The number of ether oxygens (including phenoxy) is 1. The molecule has 1 saturated heterocycles. The fraction of sp³-hybridized carbons (Fsp3) is 0.588. The highest BCUT2D eigenvalue weighted by Gasteiger charge is 2.30. The molecule has 110 valence electrons. The summed E-state index contributed by atoms with van der Waals surface area (Å²) < 4.78 is 6.14. The summed E-state index contributed by atoms with van der Waals surface area (Å²) in [6.07, 6.45) is 3.48. The topological polar surface area (TPSA) is 26.3 Å². The van der Waals surface area contributed by atoms with Crippen LogP contribution in [0.1, 0.15) is 37.7 Å². The highest BCUT2D eigenvalue weighted by molar-refractivity contribution is 5.65. The molecule has 1 aromatic rings. The molecule has 0 radical (unpaired) electrons. The number of carbonyl (C=O) groups excluding carboxylic acids is 1. The summed E-state index contributed by atoms with van der Waals surface area (Å²) in [4.78, 5) is 10.7. The minimum Gasteiger partial charge on any atom is -0.466 e. The molecular formula is C17H26NO2+. The molecule has 0 unspecified atom stereocenters. The molecule has 2 rings (SSSR count). The van der Waals surface area contributed by atoms with Crippen molar-refractivity contribution in [1.29, 1.82) is 0 Å². The van der Waals surface area contributed by atoms with Gasteiger partial charge in [-0.05, 0) is 11.5 Å². The zero-order chi connectivity index (χ0) is 14.4. The zero-order valence-electron chi connectivity index (χ0n) is 12.7. The van der Waals surface area contributed by atoms with Crippen LogP contribution in [0.3, 0.4) is 0 Å². The van der Waals surface area contributed by atoms with E-state index in [0.717, 1.165) is 23.4 Å². The van der Waals surface area contributed by atoms with Gasteiger partial charge in [0.15, 0.2) is 0 Å². The molecule has 1 aliphatic rings. The molecule has 0 saturated carbocycles. The van der Waals surface area contributed by atoms with Gasteiger partial charge in [0.05, 0.1) is 33.3 Å². The van der Waals surface area contributed by atoms with Gasteiger partial charge in [-0.25, -0.2) is 0 Å². The highest BCUT2D eigenvalue weighted by atomic mass is 16.5. The largest absolute Gasteiger partial charge is 0.466 e. The van der Waals surface area contributed by atoms with E-state index in [1.165, 1.54) is 38.4 Å². The van der Waals surface area contributed by atoms with Gasteiger partial charge >= 0.3 is 5.97 Å². The number of benzene rings is 1. The van der Waals surface area contributed by atoms with Crippen LogP contribution in [-0.4, -0.2) is 43.7 Å². The first-order valence-electron chi connectivity index (χ1n) is 7.61. The summed E-state index contributed by atoms with van der Waals surface area (Å²) in [6, 6.07) is 10.9. The van der Waals surface area contributed by atoms with Gasteiger partial charge in [-0.3, -0.25) is 4.79 Å². The van der Waals surface area contributed by atoms with Gasteiger partial charge in [-0.2, -0.15) is 0 Å². The number of piperidine rings is 1. The number of nitrogens with zero attached hydrogens (tertiary/aromatic N) is 1. The van der Waals surface area contributed by atoms with Gasteiger partial charge in [0.25, 0.3) is 0 Å². The molecule has 0 aromatic heterocycles. The smallest absolute Gasteiger partial charge is 0.302 e. The third-order valence-corrected chi connectivity index (χ3v) is 4.45. The summed E-state index contributed by atoms with van der Waals surface area (Å²) in [5.74, 6) is 0.548. The van der Waals surface area contributed by atoms with Crippen molar-refractivity contribution in [2.75, 3.05) is 33.3 Å². The maximum atomic E-state index is 10.7. The molecule has 1 aromatic carbocycles. The summed E-state index contributed by atoms with van der Waals surface area (Å²) in [5.41, 5.74) is 1.48. The van der Waals surface area contributed by atoms with E-state index >= 15 is 0 Å². The number of likely N-dealkylation sites (tertiary alicyclic amines) is 1. The van der Waals surface area contributed by atoms with E-state index in [2.05, 4.69) is 37.4 Å². The molecule has 1 aliphatic heterocycles. The van der Waals surface area contributed by atoms with Crippen molar-refractivity contribution in [2.24, 2.45) is 0 Å². The van der Waals surface area contributed by atoms with Crippen LogP contribution in [0.5, 0.6) is 0 Å². The number of hydrogen-bond acceptors (Lipinski definition) is 2. The van der Waals surface area contributed by atoms with E-state index in [9.17, 15) is 4.79 Å². The first kappa shape index (κ1) is 15.0. The summed E-state index contributed by atoms with van der Waals surface area (Å²) in [5, 5.41) is 0. The first-order valence-corrected chi connectivity index (χ1v) is 7.61. The van der Waals surface area contributed by atoms with Gasteiger partial charge in [-0.15, -0.1) is 0 Å². The Labute approximate surface area is 122 Å². The second-order valence-corrected chi connectivity index (χ2v) is 6.17. The van der Waals surface area contributed by atoms with Crippen LogP contribution in [0.25, 0.3) is 0 Å². The predicted octanol–water partition coefficient (Wildman–Crippen LogP) is 2.96. The van der Waals surface area contributed by atoms with Crippen molar-refractivity contribution >= 4 is 5.97 Å². The average Bonchev–Trinajstić information content (AvgIpc) is 2.45. The quantitative estimate of drug-likeness (QED) is 0.469. The molecule has 0 atom stereocenters. The normalized spacial score (nSPS) is 26.2. The zero-order valence-corrected chi connectivity index (χ0v) is 12.7. The van der Waals surface area contributed by atoms with Crippen LogP contribution in [-0.2, 0) is 9.53 Å². The molecule has 0 amide bonds. The number of hydrogen-bond donors (Lipinski definition) is 0. The lowest BCUT2D eigenvalue weighted by Crippen LogP contribution is -2.50. The SMILES string of the molecule is CC(=O)OCCC[N+]1(C)CCC(c2ccccc2)CC1. The Hall–Kier alpha value is -1.35. The third kappa shape index (κ3) is 4.34. The van der Waals surface area contributed by atoms with Gasteiger partial charge in [0.1, 0.15) is 0 Å². The highest BCUT2D eigenvalue weighted by Crippen LogP contribution is 2.30. The molecule has 0 spiro atoms. The molecule has 1 fully saturated rings. The Morgan fingerprint density at radius 2 is 1.90 bits per heavy atom. The lowest BCUT2D eigenvalue weighted by Gasteiger charge is -2.40. The Morgan fingerprint density at radius 3 is 2.50 bits per heavy atom. The fourth-order valence-corrected chi connectivity index (χ4v) is 3.14. The Kier molecular flexibility index (Phi) is 5.18. The number of rotatable bonds is 5. The van der Waals surface area contributed by atoms with Crippen molar-refractivity contribution in [3.63, 3.8) is 0 Å². The van der Waals surface area contributed by atoms with E-state index in [1.54, 1.807) is 0 Å². The minimum absolute atomic E-state index is 0.171. The average molecular weight is 276 g/mol. The van der Waals surface area contributed by atoms with Crippen molar-refractivity contribution in [3.05, 3.63) is 35.9 Å². The number of quaternary nitrogens is 1. The van der Waals surface area contributed by atoms with E-state index in [-0.39, 0.29) is 5.97 Å². The lowest BCUT2D eigenvalue weighted by atomic mass is 9.88. The third-order valence-electron chi connectivity index (χ3n) is 4.45. The fourth-order valence-electron chi connectivity index (χ4n) is 3.14. The molecule has 0 aliphatic carbocycles.